The van der Waals surface area contributed by atoms with Gasteiger partial charge in [-0.15, -0.1) is 12.6 Å². The molecule has 1 amide bonds. The van der Waals surface area contributed by atoms with Gasteiger partial charge in [-0.1, -0.05) is 39.0 Å². The number of hydrogen-bond acceptors (Lipinski definition) is 7. The van der Waals surface area contributed by atoms with Gasteiger partial charge in [0, 0.05) is 32.7 Å². The van der Waals surface area contributed by atoms with Gasteiger partial charge in [-0.05, 0) is 17.5 Å². The first-order chi connectivity index (χ1) is 12.6. The standard InChI is InChI=1S/C18H26N2O3.O3S/c1-18(2,3)14-19-9-11-20(12-10-19)16(21)13-23-17(22)15-7-5-4-6-8-15;1-4(2)3/h4-8H,9-14H2,1-3H3;. The second kappa shape index (κ2) is 10.8. The zero-order chi connectivity index (χ0) is 20.4. The average molecular weight is 398 g/mol. The molecule has 1 aromatic carbocycles. The van der Waals surface area contributed by atoms with Gasteiger partial charge in [-0.25, -0.2) is 4.79 Å². The number of carbonyl (C=O) groups is 2. The summed E-state index contributed by atoms with van der Waals surface area (Å²) in [5.41, 5.74) is 0.729. The van der Waals surface area contributed by atoms with Crippen LogP contribution in [0.15, 0.2) is 30.3 Å². The topological polar surface area (TPSA) is 101 Å². The minimum atomic E-state index is -3.11. The molecule has 0 atom stereocenters. The molecule has 0 bridgehead atoms. The maximum atomic E-state index is 12.2. The molecule has 0 aliphatic carbocycles. The molecular weight excluding hydrogens is 372 g/mol. The van der Waals surface area contributed by atoms with Crippen molar-refractivity contribution in [3.63, 3.8) is 0 Å². The summed E-state index contributed by atoms with van der Waals surface area (Å²) in [5.74, 6) is -0.574. The number of nitrogens with zero attached hydrogens (tertiary/aromatic N) is 2. The third kappa shape index (κ3) is 9.86. The molecule has 1 aliphatic heterocycles. The highest BCUT2D eigenvalue weighted by molar-refractivity contribution is 7.59. The Bertz CT molecular complexity index is 713. The van der Waals surface area contributed by atoms with E-state index in [2.05, 4.69) is 25.7 Å². The van der Waals surface area contributed by atoms with E-state index in [1.807, 2.05) is 6.07 Å². The summed E-state index contributed by atoms with van der Waals surface area (Å²) in [4.78, 5) is 28.1. The second-order valence-corrected chi connectivity index (χ2v) is 7.77. The minimum Gasteiger partial charge on any atom is -0.452 e. The number of rotatable bonds is 4. The normalized spacial score (nSPS) is 14.7. The van der Waals surface area contributed by atoms with E-state index in [4.69, 9.17) is 17.4 Å². The van der Waals surface area contributed by atoms with Crippen molar-refractivity contribution in [3.8, 4) is 0 Å². The molecule has 0 unspecified atom stereocenters. The molecule has 0 aromatic heterocycles. The molecule has 150 valence electrons. The molecule has 0 saturated carbocycles. The molecule has 2 rings (SSSR count). The largest absolute Gasteiger partial charge is 0.452 e. The molecule has 0 N–H and O–H groups in total. The van der Waals surface area contributed by atoms with Gasteiger partial charge in [0.2, 0.25) is 0 Å². The predicted octanol–water partition coefficient (Wildman–Crippen LogP) is 1.03. The summed E-state index contributed by atoms with van der Waals surface area (Å²) in [6.07, 6.45) is 0. The lowest BCUT2D eigenvalue weighted by Gasteiger charge is -2.37. The van der Waals surface area contributed by atoms with E-state index in [-0.39, 0.29) is 17.9 Å². The number of benzene rings is 1. The van der Waals surface area contributed by atoms with Crippen molar-refractivity contribution < 1.29 is 27.0 Å². The second-order valence-electron chi connectivity index (χ2n) is 7.36. The zero-order valence-corrected chi connectivity index (χ0v) is 16.7. The van der Waals surface area contributed by atoms with E-state index in [0.29, 0.717) is 18.7 Å². The van der Waals surface area contributed by atoms with Crippen LogP contribution in [-0.2, 0) is 20.1 Å². The molecule has 1 aliphatic rings. The maximum Gasteiger partial charge on any atom is 0.425 e. The number of hydrogen-bond donors (Lipinski definition) is 0. The highest BCUT2D eigenvalue weighted by Gasteiger charge is 2.24. The summed E-state index contributed by atoms with van der Waals surface area (Å²) in [6, 6.07) is 8.73. The highest BCUT2D eigenvalue weighted by atomic mass is 32.2. The lowest BCUT2D eigenvalue weighted by Crippen LogP contribution is -2.51. The van der Waals surface area contributed by atoms with Crippen molar-refractivity contribution in [3.05, 3.63) is 35.9 Å². The van der Waals surface area contributed by atoms with Gasteiger partial charge in [-0.2, -0.15) is 0 Å². The first-order valence-electron chi connectivity index (χ1n) is 8.57. The van der Waals surface area contributed by atoms with Crippen molar-refractivity contribution in [2.24, 2.45) is 5.41 Å². The zero-order valence-electron chi connectivity index (χ0n) is 15.9. The van der Waals surface area contributed by atoms with Gasteiger partial charge in [-0.3, -0.25) is 9.69 Å². The van der Waals surface area contributed by atoms with Gasteiger partial charge in [0.15, 0.2) is 6.61 Å². The van der Waals surface area contributed by atoms with E-state index in [1.165, 1.54) is 0 Å². The van der Waals surface area contributed by atoms with Crippen LogP contribution in [0.5, 0.6) is 0 Å². The smallest absolute Gasteiger partial charge is 0.425 e. The summed E-state index contributed by atoms with van der Waals surface area (Å²) < 4.78 is 30.4. The third-order valence-corrected chi connectivity index (χ3v) is 3.76. The van der Waals surface area contributed by atoms with Crippen LogP contribution in [0.4, 0.5) is 0 Å². The van der Waals surface area contributed by atoms with E-state index in [9.17, 15) is 9.59 Å². The quantitative estimate of drug-likeness (QED) is 0.698. The highest BCUT2D eigenvalue weighted by Crippen LogP contribution is 2.16. The summed E-state index contributed by atoms with van der Waals surface area (Å²) in [7, 11) is -3.11. The van der Waals surface area contributed by atoms with Crippen molar-refractivity contribution in [1.82, 2.24) is 9.80 Å². The van der Waals surface area contributed by atoms with E-state index in [0.717, 1.165) is 19.6 Å². The van der Waals surface area contributed by atoms with E-state index >= 15 is 0 Å². The SMILES string of the molecule is CC(C)(C)CN1CCN(C(=O)COC(=O)c2ccccc2)CC1.O=S(=O)=O. The number of ether oxygens (including phenoxy) is 1. The van der Waals surface area contributed by atoms with Crippen molar-refractivity contribution in [2.75, 3.05) is 39.3 Å². The van der Waals surface area contributed by atoms with Crippen molar-refractivity contribution >= 4 is 22.5 Å². The van der Waals surface area contributed by atoms with Gasteiger partial charge < -0.3 is 9.64 Å². The molecule has 0 spiro atoms. The Balaban J connectivity index is 0.000000828. The minimum absolute atomic E-state index is 0.121. The fraction of sp³-hybridized carbons (Fsp3) is 0.556. The maximum absolute atomic E-state index is 12.2. The summed E-state index contributed by atoms with van der Waals surface area (Å²) in [6.45, 7) is 10.6. The molecule has 27 heavy (non-hydrogen) atoms. The lowest BCUT2D eigenvalue weighted by atomic mass is 9.96. The van der Waals surface area contributed by atoms with E-state index in [1.54, 1.807) is 29.2 Å². The lowest BCUT2D eigenvalue weighted by molar-refractivity contribution is -0.136. The Morgan fingerprint density at radius 2 is 1.52 bits per heavy atom. The fourth-order valence-corrected chi connectivity index (χ4v) is 2.70. The van der Waals surface area contributed by atoms with Crippen LogP contribution in [0, 0.1) is 5.41 Å². The predicted molar refractivity (Wildman–Crippen MR) is 98.9 cm³/mol. The Morgan fingerprint density at radius 3 is 2.00 bits per heavy atom. The number of esters is 1. The first-order valence-corrected chi connectivity index (χ1v) is 9.57. The Morgan fingerprint density at radius 1 is 1.00 bits per heavy atom. The van der Waals surface area contributed by atoms with Crippen molar-refractivity contribution in [1.29, 1.82) is 0 Å². The van der Waals surface area contributed by atoms with Crippen molar-refractivity contribution in [2.45, 2.75) is 20.8 Å². The first kappa shape index (κ1) is 22.8. The summed E-state index contributed by atoms with van der Waals surface area (Å²) in [5, 5.41) is 0. The van der Waals surface area contributed by atoms with Crippen LogP contribution in [0.2, 0.25) is 0 Å². The molecule has 1 aromatic rings. The average Bonchev–Trinajstić information content (AvgIpc) is 2.59. The van der Waals surface area contributed by atoms with Gasteiger partial charge in [0.25, 0.3) is 5.91 Å². The molecule has 1 saturated heterocycles. The van der Waals surface area contributed by atoms with Gasteiger partial charge in [0.1, 0.15) is 0 Å². The van der Waals surface area contributed by atoms with Crippen LogP contribution >= 0.6 is 0 Å². The van der Waals surface area contributed by atoms with Crippen LogP contribution < -0.4 is 0 Å². The molecule has 0 radical (unpaired) electrons. The van der Waals surface area contributed by atoms with Crippen LogP contribution in [0.1, 0.15) is 31.1 Å². The molecule has 1 heterocycles. The molecule has 8 nitrogen and oxygen atoms in total. The molecule has 1 fully saturated rings. The van der Waals surface area contributed by atoms with Crippen LogP contribution in [-0.4, -0.2) is 73.6 Å². The fourth-order valence-electron chi connectivity index (χ4n) is 2.70. The van der Waals surface area contributed by atoms with E-state index < -0.39 is 16.6 Å². The monoisotopic (exact) mass is 398 g/mol. The Labute approximate surface area is 161 Å². The Kier molecular flexibility index (Phi) is 9.10. The van der Waals surface area contributed by atoms with Gasteiger partial charge >= 0.3 is 16.6 Å². The number of piperazine rings is 1. The summed E-state index contributed by atoms with van der Waals surface area (Å²) >= 11 is 0. The number of carbonyl (C=O) groups excluding carboxylic acids is 2. The molecule has 9 heteroatoms. The Hall–Kier alpha value is -2.26. The van der Waals surface area contributed by atoms with Crippen LogP contribution in [0.25, 0.3) is 0 Å². The third-order valence-electron chi connectivity index (χ3n) is 3.76. The number of amides is 1. The molecular formula is C18H26N2O6S. The van der Waals surface area contributed by atoms with Crippen LogP contribution in [0.3, 0.4) is 0 Å². The van der Waals surface area contributed by atoms with Gasteiger partial charge in [0.05, 0.1) is 5.56 Å².